The zero-order valence-electron chi connectivity index (χ0n) is 11.7. The van der Waals surface area contributed by atoms with Crippen LogP contribution in [0.5, 0.6) is 5.75 Å². The lowest BCUT2D eigenvalue weighted by Gasteiger charge is -2.08. The molecule has 0 aliphatic heterocycles. The Morgan fingerprint density at radius 2 is 2.29 bits per heavy atom. The van der Waals surface area contributed by atoms with Gasteiger partial charge in [-0.15, -0.1) is 5.10 Å². The van der Waals surface area contributed by atoms with Crippen molar-refractivity contribution in [2.24, 2.45) is 5.84 Å². The molecule has 1 aromatic heterocycles. The molecule has 1 amide bonds. The van der Waals surface area contributed by atoms with Crippen molar-refractivity contribution < 1.29 is 9.53 Å². The highest BCUT2D eigenvalue weighted by Crippen LogP contribution is 2.19. The van der Waals surface area contributed by atoms with Crippen LogP contribution in [-0.2, 0) is 6.54 Å². The second-order valence-corrected chi connectivity index (χ2v) is 4.23. The zero-order chi connectivity index (χ0) is 15.1. The topological polar surface area (TPSA) is 95.1 Å². The fourth-order valence-electron chi connectivity index (χ4n) is 1.76. The number of hydrogen-bond acceptors (Lipinski definition) is 5. The van der Waals surface area contributed by atoms with Crippen LogP contribution in [0.15, 0.2) is 36.5 Å². The van der Waals surface area contributed by atoms with Crippen LogP contribution in [0, 0.1) is 0 Å². The third-order valence-corrected chi connectivity index (χ3v) is 2.75. The summed E-state index contributed by atoms with van der Waals surface area (Å²) in [5.41, 5.74) is 3.19. The highest BCUT2D eigenvalue weighted by atomic mass is 16.5. The van der Waals surface area contributed by atoms with Crippen LogP contribution in [0.25, 0.3) is 6.08 Å². The largest absolute Gasteiger partial charge is 0.491 e. The Labute approximate surface area is 122 Å². The Kier molecular flexibility index (Phi) is 5.05. The maximum Gasteiger partial charge on any atom is 0.287 e. The number of nitrogens with zero attached hydrogens (tertiary/aromatic N) is 3. The second kappa shape index (κ2) is 7.20. The smallest absolute Gasteiger partial charge is 0.287 e. The number of allylic oxidation sites excluding steroid dienone is 1. The van der Waals surface area contributed by atoms with E-state index in [1.54, 1.807) is 0 Å². The van der Waals surface area contributed by atoms with Gasteiger partial charge in [0.25, 0.3) is 5.91 Å². The molecule has 1 aromatic carbocycles. The van der Waals surface area contributed by atoms with Gasteiger partial charge in [-0.3, -0.25) is 10.2 Å². The number of hydrazine groups is 1. The van der Waals surface area contributed by atoms with Crippen LogP contribution < -0.4 is 16.0 Å². The second-order valence-electron chi connectivity index (χ2n) is 4.23. The number of carbonyl (C=O) groups is 1. The van der Waals surface area contributed by atoms with E-state index in [0.29, 0.717) is 13.2 Å². The normalized spacial score (nSPS) is 10.8. The number of nitrogens with two attached hydrogens (primary N) is 1. The molecule has 2 rings (SSSR count). The van der Waals surface area contributed by atoms with E-state index < -0.39 is 5.91 Å². The number of rotatable bonds is 6. The van der Waals surface area contributed by atoms with Crippen molar-refractivity contribution in [3.63, 3.8) is 0 Å². The number of para-hydroxylation sites is 1. The van der Waals surface area contributed by atoms with Crippen LogP contribution >= 0.6 is 0 Å². The van der Waals surface area contributed by atoms with Crippen LogP contribution in [-0.4, -0.2) is 27.5 Å². The molecule has 0 atom stereocenters. The van der Waals surface area contributed by atoms with Gasteiger partial charge >= 0.3 is 0 Å². The van der Waals surface area contributed by atoms with E-state index in [1.807, 2.05) is 48.8 Å². The number of carbonyl (C=O) groups excluding carboxylic acids is 1. The van der Waals surface area contributed by atoms with Crippen molar-refractivity contribution in [2.75, 3.05) is 6.61 Å². The lowest BCUT2D eigenvalue weighted by Crippen LogP contribution is -2.30. The minimum Gasteiger partial charge on any atom is -0.491 e. The lowest BCUT2D eigenvalue weighted by atomic mass is 10.2. The quantitative estimate of drug-likeness (QED) is 0.469. The van der Waals surface area contributed by atoms with E-state index in [0.717, 1.165) is 11.3 Å². The maximum absolute atomic E-state index is 11.2. The number of ether oxygens (including phenoxy) is 1. The molecule has 3 N–H and O–H groups in total. The first-order valence-corrected chi connectivity index (χ1v) is 6.50. The standard InChI is InChI=1S/C14H17N5O2/c1-2-5-11-6-3-4-7-13(11)21-9-8-19-10-12(17-18-19)14(20)16-15/h2-7,10H,8-9,15H2,1H3,(H,16,20). The summed E-state index contributed by atoms with van der Waals surface area (Å²) in [7, 11) is 0. The summed E-state index contributed by atoms with van der Waals surface area (Å²) >= 11 is 0. The highest BCUT2D eigenvalue weighted by Gasteiger charge is 2.08. The van der Waals surface area contributed by atoms with Gasteiger partial charge in [0, 0.05) is 5.56 Å². The molecule has 7 nitrogen and oxygen atoms in total. The number of amides is 1. The van der Waals surface area contributed by atoms with Gasteiger partial charge in [-0.25, -0.2) is 10.5 Å². The molecule has 0 unspecified atom stereocenters. The molecule has 0 spiro atoms. The maximum atomic E-state index is 11.2. The third kappa shape index (κ3) is 3.90. The van der Waals surface area contributed by atoms with Crippen LogP contribution in [0.3, 0.4) is 0 Å². The Hall–Kier alpha value is -2.67. The predicted molar refractivity (Wildman–Crippen MR) is 78.3 cm³/mol. The van der Waals surface area contributed by atoms with Gasteiger partial charge in [0.05, 0.1) is 12.7 Å². The molecular formula is C14H17N5O2. The van der Waals surface area contributed by atoms with E-state index in [9.17, 15) is 4.79 Å². The van der Waals surface area contributed by atoms with Crippen molar-refractivity contribution in [3.8, 4) is 5.75 Å². The van der Waals surface area contributed by atoms with Gasteiger partial charge in [0.15, 0.2) is 5.69 Å². The van der Waals surface area contributed by atoms with Crippen LogP contribution in [0.1, 0.15) is 23.0 Å². The van der Waals surface area contributed by atoms with Crippen LogP contribution in [0.2, 0.25) is 0 Å². The summed E-state index contributed by atoms with van der Waals surface area (Å²) in [4.78, 5) is 11.2. The summed E-state index contributed by atoms with van der Waals surface area (Å²) in [5.74, 6) is 5.36. The first kappa shape index (κ1) is 14.7. The zero-order valence-corrected chi connectivity index (χ0v) is 11.7. The molecule has 0 fully saturated rings. The summed E-state index contributed by atoms with van der Waals surface area (Å²) in [6, 6.07) is 7.76. The van der Waals surface area contributed by atoms with Crippen molar-refractivity contribution in [2.45, 2.75) is 13.5 Å². The summed E-state index contributed by atoms with van der Waals surface area (Å²) < 4.78 is 7.26. The Balaban J connectivity index is 1.93. The molecule has 0 saturated heterocycles. The molecule has 0 saturated carbocycles. The van der Waals surface area contributed by atoms with Crippen molar-refractivity contribution in [1.29, 1.82) is 0 Å². The average Bonchev–Trinajstić information content (AvgIpc) is 2.97. The van der Waals surface area contributed by atoms with Crippen molar-refractivity contribution in [3.05, 3.63) is 47.8 Å². The number of hydrogen-bond donors (Lipinski definition) is 2. The minimum atomic E-state index is -0.472. The molecule has 0 bridgehead atoms. The first-order chi connectivity index (χ1) is 10.2. The number of benzene rings is 1. The summed E-state index contributed by atoms with van der Waals surface area (Å²) in [6.45, 7) is 2.85. The Morgan fingerprint density at radius 1 is 1.48 bits per heavy atom. The van der Waals surface area contributed by atoms with Gasteiger partial charge in [0.1, 0.15) is 12.4 Å². The number of nitrogen functional groups attached to an aromatic ring is 1. The molecule has 1 heterocycles. The monoisotopic (exact) mass is 287 g/mol. The third-order valence-electron chi connectivity index (χ3n) is 2.75. The summed E-state index contributed by atoms with van der Waals surface area (Å²) in [5, 5.41) is 7.55. The van der Waals surface area contributed by atoms with E-state index in [2.05, 4.69) is 10.3 Å². The first-order valence-electron chi connectivity index (χ1n) is 6.50. The highest BCUT2D eigenvalue weighted by molar-refractivity contribution is 5.91. The Bertz CT molecular complexity index is 636. The molecule has 2 aromatic rings. The molecule has 110 valence electrons. The molecular weight excluding hydrogens is 270 g/mol. The molecule has 0 radical (unpaired) electrons. The predicted octanol–water partition coefficient (Wildman–Crippen LogP) is 0.994. The average molecular weight is 287 g/mol. The van der Waals surface area contributed by atoms with Crippen LogP contribution in [0.4, 0.5) is 0 Å². The molecule has 0 aliphatic rings. The number of aromatic nitrogens is 3. The molecule has 21 heavy (non-hydrogen) atoms. The van der Waals surface area contributed by atoms with Gasteiger partial charge in [-0.05, 0) is 13.0 Å². The van der Waals surface area contributed by atoms with Crippen molar-refractivity contribution >= 4 is 12.0 Å². The number of nitrogens with one attached hydrogen (secondary N) is 1. The van der Waals surface area contributed by atoms with Crippen molar-refractivity contribution in [1.82, 2.24) is 20.4 Å². The SMILES string of the molecule is CC=Cc1ccccc1OCCn1cc(C(=O)NN)nn1. The lowest BCUT2D eigenvalue weighted by molar-refractivity contribution is 0.0948. The van der Waals surface area contributed by atoms with E-state index in [4.69, 9.17) is 10.6 Å². The summed E-state index contributed by atoms with van der Waals surface area (Å²) in [6.07, 6.45) is 5.45. The van der Waals surface area contributed by atoms with Gasteiger partial charge in [-0.1, -0.05) is 35.6 Å². The molecule has 7 heteroatoms. The van der Waals surface area contributed by atoms with E-state index in [-0.39, 0.29) is 5.69 Å². The van der Waals surface area contributed by atoms with E-state index in [1.165, 1.54) is 10.9 Å². The molecule has 0 aliphatic carbocycles. The van der Waals surface area contributed by atoms with E-state index >= 15 is 0 Å². The van der Waals surface area contributed by atoms with Gasteiger partial charge in [-0.2, -0.15) is 0 Å². The fraction of sp³-hybridized carbons (Fsp3) is 0.214. The Morgan fingerprint density at radius 3 is 3.05 bits per heavy atom. The van der Waals surface area contributed by atoms with Gasteiger partial charge < -0.3 is 4.74 Å². The fourth-order valence-corrected chi connectivity index (χ4v) is 1.76. The van der Waals surface area contributed by atoms with Gasteiger partial charge in [0.2, 0.25) is 0 Å². The minimum absolute atomic E-state index is 0.173.